The molecule has 2 rings (SSSR count). The van der Waals surface area contributed by atoms with E-state index >= 15 is 0 Å². The van der Waals surface area contributed by atoms with Gasteiger partial charge in [0.05, 0.1) is 30.2 Å². The van der Waals surface area contributed by atoms with Crippen molar-refractivity contribution in [2.24, 2.45) is 0 Å². The average molecular weight is 294 g/mol. The van der Waals surface area contributed by atoms with Gasteiger partial charge in [-0.25, -0.2) is 4.39 Å². The molecule has 0 N–H and O–H groups in total. The summed E-state index contributed by atoms with van der Waals surface area (Å²) in [5.41, 5.74) is 1.47. The molecule has 1 atom stereocenters. The van der Waals surface area contributed by atoms with Gasteiger partial charge in [-0.15, -0.1) is 0 Å². The fourth-order valence-electron chi connectivity index (χ4n) is 2.13. The third-order valence-electron chi connectivity index (χ3n) is 3.30. The zero-order chi connectivity index (χ0) is 15.8. The molecule has 0 fully saturated rings. The van der Waals surface area contributed by atoms with Crippen LogP contribution in [0.2, 0.25) is 0 Å². The SMILES string of the molecule is N#Cc1ccc(C(C#N)CCCOc2cccc(F)c2)cc1. The van der Waals surface area contributed by atoms with Crippen molar-refractivity contribution in [1.29, 1.82) is 10.5 Å². The summed E-state index contributed by atoms with van der Waals surface area (Å²) in [6.07, 6.45) is 1.34. The Balaban J connectivity index is 1.84. The van der Waals surface area contributed by atoms with E-state index in [0.29, 0.717) is 30.8 Å². The van der Waals surface area contributed by atoms with Gasteiger partial charge in [-0.2, -0.15) is 10.5 Å². The molecule has 22 heavy (non-hydrogen) atoms. The maximum atomic E-state index is 13.0. The van der Waals surface area contributed by atoms with Crippen LogP contribution in [0, 0.1) is 28.5 Å². The van der Waals surface area contributed by atoms with Gasteiger partial charge < -0.3 is 4.74 Å². The van der Waals surface area contributed by atoms with Crippen LogP contribution in [-0.2, 0) is 0 Å². The maximum Gasteiger partial charge on any atom is 0.126 e. The number of halogens is 1. The van der Waals surface area contributed by atoms with Gasteiger partial charge in [-0.1, -0.05) is 18.2 Å². The first-order valence-electron chi connectivity index (χ1n) is 7.01. The van der Waals surface area contributed by atoms with Crippen LogP contribution in [-0.4, -0.2) is 6.61 Å². The summed E-state index contributed by atoms with van der Waals surface area (Å²) in [5.74, 6) is -0.0688. The minimum Gasteiger partial charge on any atom is -0.493 e. The van der Waals surface area contributed by atoms with E-state index in [4.69, 9.17) is 10.00 Å². The standard InChI is InChI=1S/C18H15FN2O/c19-17-4-1-5-18(11-17)22-10-2-3-16(13-21)15-8-6-14(12-20)7-9-15/h1,4-9,11,16H,2-3,10H2. The van der Waals surface area contributed by atoms with Crippen LogP contribution < -0.4 is 4.74 Å². The minimum atomic E-state index is -0.329. The Kier molecular flexibility index (Phi) is 5.51. The van der Waals surface area contributed by atoms with Crippen molar-refractivity contribution < 1.29 is 9.13 Å². The van der Waals surface area contributed by atoms with E-state index in [0.717, 1.165) is 5.56 Å². The molecule has 2 aromatic carbocycles. The topological polar surface area (TPSA) is 56.8 Å². The van der Waals surface area contributed by atoms with Gasteiger partial charge in [0.2, 0.25) is 0 Å². The highest BCUT2D eigenvalue weighted by molar-refractivity contribution is 5.34. The molecule has 2 aromatic rings. The predicted octanol–water partition coefficient (Wildman–Crippen LogP) is 4.16. The highest BCUT2D eigenvalue weighted by Gasteiger charge is 2.10. The van der Waals surface area contributed by atoms with Gasteiger partial charge in [0, 0.05) is 6.07 Å². The van der Waals surface area contributed by atoms with Crippen LogP contribution >= 0.6 is 0 Å². The molecule has 0 amide bonds. The summed E-state index contributed by atoms with van der Waals surface area (Å²) >= 11 is 0. The van der Waals surface area contributed by atoms with Crippen molar-refractivity contribution in [2.45, 2.75) is 18.8 Å². The Morgan fingerprint density at radius 1 is 1.09 bits per heavy atom. The van der Waals surface area contributed by atoms with Crippen molar-refractivity contribution in [2.75, 3.05) is 6.61 Å². The van der Waals surface area contributed by atoms with Gasteiger partial charge in [-0.3, -0.25) is 0 Å². The van der Waals surface area contributed by atoms with Gasteiger partial charge in [0.15, 0.2) is 0 Å². The summed E-state index contributed by atoms with van der Waals surface area (Å²) in [7, 11) is 0. The maximum absolute atomic E-state index is 13.0. The molecule has 1 unspecified atom stereocenters. The summed E-state index contributed by atoms with van der Waals surface area (Å²) in [5, 5.41) is 18.0. The van der Waals surface area contributed by atoms with E-state index in [2.05, 4.69) is 12.1 Å². The molecule has 0 aliphatic carbocycles. The number of benzene rings is 2. The van der Waals surface area contributed by atoms with Gasteiger partial charge in [-0.05, 0) is 42.7 Å². The van der Waals surface area contributed by atoms with Crippen LogP contribution in [0.15, 0.2) is 48.5 Å². The fourth-order valence-corrected chi connectivity index (χ4v) is 2.13. The highest BCUT2D eigenvalue weighted by atomic mass is 19.1. The number of rotatable bonds is 6. The van der Waals surface area contributed by atoms with Crippen molar-refractivity contribution in [3.63, 3.8) is 0 Å². The summed E-state index contributed by atoms with van der Waals surface area (Å²) in [4.78, 5) is 0. The molecule has 0 spiro atoms. The summed E-state index contributed by atoms with van der Waals surface area (Å²) in [6.45, 7) is 0.428. The zero-order valence-electron chi connectivity index (χ0n) is 12.0. The lowest BCUT2D eigenvalue weighted by Gasteiger charge is -2.10. The number of hydrogen-bond donors (Lipinski definition) is 0. The average Bonchev–Trinajstić information content (AvgIpc) is 2.55. The third-order valence-corrected chi connectivity index (χ3v) is 3.30. The Bertz CT molecular complexity index is 698. The van der Waals surface area contributed by atoms with Crippen LogP contribution in [0.1, 0.15) is 29.9 Å². The summed E-state index contributed by atoms with van der Waals surface area (Å²) in [6, 6.07) is 17.3. The first-order valence-corrected chi connectivity index (χ1v) is 7.01. The molecule has 4 heteroatoms. The van der Waals surface area contributed by atoms with Crippen LogP contribution in [0.25, 0.3) is 0 Å². The summed E-state index contributed by atoms with van der Waals surface area (Å²) < 4.78 is 18.5. The number of ether oxygens (including phenoxy) is 1. The Hall–Kier alpha value is -2.85. The monoisotopic (exact) mass is 294 g/mol. The van der Waals surface area contributed by atoms with Gasteiger partial charge >= 0.3 is 0 Å². The lowest BCUT2D eigenvalue weighted by atomic mass is 9.95. The number of hydrogen-bond acceptors (Lipinski definition) is 3. The smallest absolute Gasteiger partial charge is 0.126 e. The molecule has 0 saturated heterocycles. The number of nitrogens with zero attached hydrogens (tertiary/aromatic N) is 2. The molecule has 0 radical (unpaired) electrons. The predicted molar refractivity (Wildman–Crippen MR) is 80.6 cm³/mol. The second-order valence-corrected chi connectivity index (χ2v) is 4.86. The molecule has 0 aromatic heterocycles. The fraction of sp³-hybridized carbons (Fsp3) is 0.222. The van der Waals surface area contributed by atoms with Crippen LogP contribution in [0.4, 0.5) is 4.39 Å². The number of nitriles is 2. The first kappa shape index (κ1) is 15.5. The molecule has 3 nitrogen and oxygen atoms in total. The second-order valence-electron chi connectivity index (χ2n) is 4.86. The van der Waals surface area contributed by atoms with E-state index in [1.54, 1.807) is 36.4 Å². The van der Waals surface area contributed by atoms with E-state index < -0.39 is 0 Å². The normalized spacial score (nSPS) is 11.2. The minimum absolute atomic E-state index is 0.233. The lowest BCUT2D eigenvalue weighted by Crippen LogP contribution is -2.02. The molecular formula is C18H15FN2O. The van der Waals surface area contributed by atoms with Gasteiger partial charge in [0.25, 0.3) is 0 Å². The van der Waals surface area contributed by atoms with Crippen molar-refractivity contribution in [3.05, 3.63) is 65.5 Å². The molecular weight excluding hydrogens is 279 g/mol. The molecule has 0 saturated carbocycles. The zero-order valence-corrected chi connectivity index (χ0v) is 12.0. The van der Waals surface area contributed by atoms with Crippen molar-refractivity contribution in [1.82, 2.24) is 0 Å². The van der Waals surface area contributed by atoms with Gasteiger partial charge in [0.1, 0.15) is 11.6 Å². The van der Waals surface area contributed by atoms with Crippen molar-refractivity contribution >= 4 is 0 Å². The quantitative estimate of drug-likeness (QED) is 0.751. The second kappa shape index (κ2) is 7.81. The van der Waals surface area contributed by atoms with E-state index in [9.17, 15) is 9.65 Å². The van der Waals surface area contributed by atoms with E-state index in [-0.39, 0.29) is 11.7 Å². The van der Waals surface area contributed by atoms with E-state index in [1.165, 1.54) is 12.1 Å². The van der Waals surface area contributed by atoms with Crippen molar-refractivity contribution in [3.8, 4) is 17.9 Å². The Morgan fingerprint density at radius 2 is 1.86 bits per heavy atom. The molecule has 110 valence electrons. The lowest BCUT2D eigenvalue weighted by molar-refractivity contribution is 0.303. The highest BCUT2D eigenvalue weighted by Crippen LogP contribution is 2.21. The van der Waals surface area contributed by atoms with Crippen LogP contribution in [0.5, 0.6) is 5.75 Å². The van der Waals surface area contributed by atoms with Crippen LogP contribution in [0.3, 0.4) is 0 Å². The molecule has 0 bridgehead atoms. The molecule has 0 aliphatic rings. The van der Waals surface area contributed by atoms with E-state index in [1.807, 2.05) is 0 Å². The Morgan fingerprint density at radius 3 is 2.50 bits per heavy atom. The largest absolute Gasteiger partial charge is 0.493 e. The first-order chi connectivity index (χ1) is 10.7. The Labute approximate surface area is 129 Å². The molecule has 0 heterocycles. The third kappa shape index (κ3) is 4.33. The molecule has 0 aliphatic heterocycles.